The summed E-state index contributed by atoms with van der Waals surface area (Å²) in [5.74, 6) is 0. The van der Waals surface area contributed by atoms with E-state index in [-0.39, 0.29) is 0 Å². The normalized spacial score (nSPS) is 10.6. The van der Waals surface area contributed by atoms with Crippen LogP contribution in [-0.4, -0.2) is 6.29 Å². The maximum atomic E-state index is 10.9. The average molecular weight is 238 g/mol. The number of carbonyl (C=O) groups excluding carboxylic acids is 1. The quantitative estimate of drug-likeness (QED) is 0.605. The zero-order chi connectivity index (χ0) is 11.7. The first-order valence-electron chi connectivity index (χ1n) is 5.40. The molecule has 3 aromatic rings. The number of aldehydes is 1. The summed E-state index contributed by atoms with van der Waals surface area (Å²) in [6.07, 6.45) is 0.924. The Balaban J connectivity index is 2.22. The second-order valence-electron chi connectivity index (χ2n) is 3.89. The van der Waals surface area contributed by atoms with Crippen LogP contribution in [0.2, 0.25) is 0 Å². The van der Waals surface area contributed by atoms with Crippen LogP contribution in [0.4, 0.5) is 0 Å². The fourth-order valence-electron chi connectivity index (χ4n) is 1.95. The predicted molar refractivity (Wildman–Crippen MR) is 72.6 cm³/mol. The first-order valence-corrected chi connectivity index (χ1v) is 6.28. The van der Waals surface area contributed by atoms with Crippen molar-refractivity contribution in [3.8, 4) is 11.1 Å². The lowest BCUT2D eigenvalue weighted by atomic mass is 10.0. The molecule has 2 heteroatoms. The molecule has 0 fully saturated rings. The van der Waals surface area contributed by atoms with Gasteiger partial charge in [-0.15, -0.1) is 11.3 Å². The molecule has 2 aromatic carbocycles. The van der Waals surface area contributed by atoms with Gasteiger partial charge in [0.2, 0.25) is 0 Å². The van der Waals surface area contributed by atoms with E-state index in [1.54, 1.807) is 11.3 Å². The molecule has 0 spiro atoms. The second kappa shape index (κ2) is 4.15. The molecule has 0 N–H and O–H groups in total. The topological polar surface area (TPSA) is 17.1 Å². The predicted octanol–water partition coefficient (Wildman–Crippen LogP) is 4.38. The summed E-state index contributed by atoms with van der Waals surface area (Å²) in [6, 6.07) is 16.5. The van der Waals surface area contributed by atoms with Crippen LogP contribution in [0, 0.1) is 0 Å². The Morgan fingerprint density at radius 3 is 2.53 bits per heavy atom. The molecule has 0 amide bonds. The van der Waals surface area contributed by atoms with E-state index in [1.807, 2.05) is 23.6 Å². The summed E-state index contributed by atoms with van der Waals surface area (Å²) >= 11 is 1.61. The number of thiophene rings is 1. The standard InChI is InChI=1S/C15H10OS/c16-9-13-10-17-15-7-6-12(8-14(13)15)11-4-2-1-3-5-11/h1-10H. The van der Waals surface area contributed by atoms with Crippen LogP contribution in [0.15, 0.2) is 53.9 Å². The Morgan fingerprint density at radius 1 is 0.941 bits per heavy atom. The maximum absolute atomic E-state index is 10.9. The monoisotopic (exact) mass is 238 g/mol. The van der Waals surface area contributed by atoms with Gasteiger partial charge in [-0.2, -0.15) is 0 Å². The highest BCUT2D eigenvalue weighted by Gasteiger charge is 2.05. The molecular weight excluding hydrogens is 228 g/mol. The summed E-state index contributed by atoms with van der Waals surface area (Å²) in [7, 11) is 0. The molecule has 82 valence electrons. The van der Waals surface area contributed by atoms with E-state index >= 15 is 0 Å². The number of hydrogen-bond donors (Lipinski definition) is 0. The fourth-order valence-corrected chi connectivity index (χ4v) is 2.84. The number of hydrogen-bond acceptors (Lipinski definition) is 2. The van der Waals surface area contributed by atoms with Gasteiger partial charge in [-0.1, -0.05) is 36.4 Å². The van der Waals surface area contributed by atoms with Crippen LogP contribution in [-0.2, 0) is 0 Å². The van der Waals surface area contributed by atoms with Crippen LogP contribution in [0.25, 0.3) is 21.2 Å². The molecule has 0 saturated carbocycles. The fraction of sp³-hybridized carbons (Fsp3) is 0. The number of benzene rings is 2. The smallest absolute Gasteiger partial charge is 0.151 e. The molecule has 17 heavy (non-hydrogen) atoms. The lowest BCUT2D eigenvalue weighted by Gasteiger charge is -2.01. The van der Waals surface area contributed by atoms with Gasteiger partial charge in [0.25, 0.3) is 0 Å². The summed E-state index contributed by atoms with van der Waals surface area (Å²) in [5, 5.41) is 2.96. The van der Waals surface area contributed by atoms with Crippen LogP contribution < -0.4 is 0 Å². The molecule has 0 bridgehead atoms. The first kappa shape index (κ1) is 10.2. The molecule has 0 aliphatic heterocycles. The van der Waals surface area contributed by atoms with Crippen LogP contribution in [0.5, 0.6) is 0 Å². The second-order valence-corrected chi connectivity index (χ2v) is 4.80. The SMILES string of the molecule is O=Cc1csc2ccc(-c3ccccc3)cc12. The summed E-state index contributed by atoms with van der Waals surface area (Å²) < 4.78 is 1.16. The Hall–Kier alpha value is -1.93. The Labute approximate surface area is 103 Å². The van der Waals surface area contributed by atoms with Gasteiger partial charge in [-0.25, -0.2) is 0 Å². The molecule has 0 unspecified atom stereocenters. The summed E-state index contributed by atoms with van der Waals surface area (Å²) in [4.78, 5) is 10.9. The number of fused-ring (bicyclic) bond motifs is 1. The minimum atomic E-state index is 0.780. The molecule has 1 heterocycles. The Kier molecular flexibility index (Phi) is 2.50. The van der Waals surface area contributed by atoms with Gasteiger partial charge in [0, 0.05) is 21.0 Å². The highest BCUT2D eigenvalue weighted by Crippen LogP contribution is 2.29. The van der Waals surface area contributed by atoms with Gasteiger partial charge in [0.05, 0.1) is 0 Å². The first-order chi connectivity index (χ1) is 8.38. The van der Waals surface area contributed by atoms with Crippen molar-refractivity contribution in [1.82, 2.24) is 0 Å². The molecular formula is C15H10OS. The molecule has 0 saturated heterocycles. The van der Waals surface area contributed by atoms with Crippen LogP contribution in [0.3, 0.4) is 0 Å². The molecule has 1 nitrogen and oxygen atoms in total. The van der Waals surface area contributed by atoms with Crippen molar-refractivity contribution in [2.45, 2.75) is 0 Å². The van der Waals surface area contributed by atoms with Crippen LogP contribution >= 0.6 is 11.3 Å². The van der Waals surface area contributed by atoms with E-state index in [0.29, 0.717) is 0 Å². The van der Waals surface area contributed by atoms with Gasteiger partial charge < -0.3 is 0 Å². The van der Waals surface area contributed by atoms with E-state index in [2.05, 4.69) is 30.3 Å². The molecule has 0 aliphatic rings. The average Bonchev–Trinajstić information content (AvgIpc) is 2.81. The van der Waals surface area contributed by atoms with E-state index in [1.165, 1.54) is 5.56 Å². The van der Waals surface area contributed by atoms with Crippen molar-refractivity contribution in [2.24, 2.45) is 0 Å². The van der Waals surface area contributed by atoms with Gasteiger partial charge in [0.15, 0.2) is 6.29 Å². The summed E-state index contributed by atoms with van der Waals surface area (Å²) in [6.45, 7) is 0. The van der Waals surface area contributed by atoms with Gasteiger partial charge in [0.1, 0.15) is 0 Å². The van der Waals surface area contributed by atoms with Crippen molar-refractivity contribution in [1.29, 1.82) is 0 Å². The Morgan fingerprint density at radius 2 is 1.76 bits per heavy atom. The van der Waals surface area contributed by atoms with Gasteiger partial charge in [-0.3, -0.25) is 4.79 Å². The highest BCUT2D eigenvalue weighted by atomic mass is 32.1. The third kappa shape index (κ3) is 1.77. The van der Waals surface area contributed by atoms with E-state index in [0.717, 1.165) is 27.5 Å². The van der Waals surface area contributed by atoms with Crippen molar-refractivity contribution in [3.63, 3.8) is 0 Å². The maximum Gasteiger partial charge on any atom is 0.151 e. The van der Waals surface area contributed by atoms with Crippen molar-refractivity contribution in [2.75, 3.05) is 0 Å². The van der Waals surface area contributed by atoms with E-state index in [4.69, 9.17) is 0 Å². The zero-order valence-corrected chi connectivity index (χ0v) is 9.91. The largest absolute Gasteiger partial charge is 0.298 e. The molecule has 3 rings (SSSR count). The minimum absolute atomic E-state index is 0.780. The molecule has 0 radical (unpaired) electrons. The van der Waals surface area contributed by atoms with Crippen molar-refractivity contribution < 1.29 is 4.79 Å². The Bertz CT molecular complexity index is 668. The lowest BCUT2D eigenvalue weighted by molar-refractivity contribution is 0.112. The third-order valence-corrected chi connectivity index (χ3v) is 3.82. The van der Waals surface area contributed by atoms with Crippen molar-refractivity contribution in [3.05, 3.63) is 59.5 Å². The molecule has 0 atom stereocenters. The minimum Gasteiger partial charge on any atom is -0.298 e. The van der Waals surface area contributed by atoms with Crippen molar-refractivity contribution >= 4 is 27.7 Å². The van der Waals surface area contributed by atoms with Gasteiger partial charge in [-0.05, 0) is 23.3 Å². The third-order valence-electron chi connectivity index (χ3n) is 2.84. The molecule has 0 aliphatic carbocycles. The lowest BCUT2D eigenvalue weighted by Crippen LogP contribution is -1.79. The number of carbonyl (C=O) groups is 1. The zero-order valence-electron chi connectivity index (χ0n) is 9.09. The van der Waals surface area contributed by atoms with E-state index in [9.17, 15) is 4.79 Å². The number of rotatable bonds is 2. The summed E-state index contributed by atoms with van der Waals surface area (Å²) in [5.41, 5.74) is 3.11. The highest BCUT2D eigenvalue weighted by molar-refractivity contribution is 7.17. The van der Waals surface area contributed by atoms with E-state index < -0.39 is 0 Å². The van der Waals surface area contributed by atoms with Crippen LogP contribution in [0.1, 0.15) is 10.4 Å². The van der Waals surface area contributed by atoms with Gasteiger partial charge >= 0.3 is 0 Å². The molecule has 1 aromatic heterocycles.